The number of hydrogen-bond donors (Lipinski definition) is 1. The van der Waals surface area contributed by atoms with Crippen molar-refractivity contribution in [1.29, 1.82) is 0 Å². The molecule has 1 heterocycles. The van der Waals surface area contributed by atoms with Crippen molar-refractivity contribution >= 4 is 29.7 Å². The zero-order chi connectivity index (χ0) is 30.0. The van der Waals surface area contributed by atoms with Crippen molar-refractivity contribution in [3.63, 3.8) is 0 Å². The molecule has 0 spiro atoms. The number of ether oxygens (including phenoxy) is 1. The van der Waals surface area contributed by atoms with E-state index < -0.39 is 59.6 Å². The van der Waals surface area contributed by atoms with Crippen LogP contribution in [0.25, 0.3) is 0 Å². The highest BCUT2D eigenvalue weighted by atomic mass is 19.4. The van der Waals surface area contributed by atoms with Gasteiger partial charge in [-0.15, -0.1) is 0 Å². The first-order chi connectivity index (χ1) is 18.6. The predicted molar refractivity (Wildman–Crippen MR) is 135 cm³/mol. The van der Waals surface area contributed by atoms with Crippen LogP contribution in [-0.4, -0.2) is 66.1 Å². The maximum Gasteiger partial charge on any atom is 0.417 e. The third-order valence-electron chi connectivity index (χ3n) is 7.31. The molecule has 0 radical (unpaired) electrons. The van der Waals surface area contributed by atoms with Crippen LogP contribution < -0.4 is 15.0 Å². The number of halogens is 5. The van der Waals surface area contributed by atoms with Crippen molar-refractivity contribution in [2.45, 2.75) is 90.1 Å². The number of aldehydes is 1. The fraction of sp³-hybridized carbons (Fsp3) is 0.630. The van der Waals surface area contributed by atoms with Crippen molar-refractivity contribution < 1.29 is 45.9 Å². The van der Waals surface area contributed by atoms with Crippen molar-refractivity contribution in [3.05, 3.63) is 23.3 Å². The minimum atomic E-state index is -4.94. The molecule has 3 rings (SSSR count). The number of nitrogens with zero attached hydrogens (tertiary/aromatic N) is 2. The van der Waals surface area contributed by atoms with Crippen molar-refractivity contribution in [2.24, 2.45) is 5.92 Å². The number of nitrogens with one attached hydrogen (secondary N) is 1. The van der Waals surface area contributed by atoms with E-state index in [0.29, 0.717) is 38.2 Å². The lowest BCUT2D eigenvalue weighted by Gasteiger charge is -2.41. The average Bonchev–Trinajstić information content (AvgIpc) is 2.85. The molecular formula is C27H34F5N3O5. The second-order valence-corrected chi connectivity index (χ2v) is 10.9. The maximum absolute atomic E-state index is 14.3. The van der Waals surface area contributed by atoms with Crippen LogP contribution in [0.1, 0.15) is 75.7 Å². The molecule has 13 heteroatoms. The summed E-state index contributed by atoms with van der Waals surface area (Å²) in [5, 5.41) is 1.97. The Balaban J connectivity index is 2.04. The normalized spacial score (nSPS) is 20.7. The van der Waals surface area contributed by atoms with Crippen LogP contribution in [0, 0.1) is 5.92 Å². The van der Waals surface area contributed by atoms with Gasteiger partial charge in [-0.1, -0.05) is 0 Å². The molecule has 1 aliphatic carbocycles. The molecule has 1 aliphatic heterocycles. The molecule has 0 saturated heterocycles. The Labute approximate surface area is 229 Å². The van der Waals surface area contributed by atoms with Gasteiger partial charge in [0, 0.05) is 31.6 Å². The Hall–Kier alpha value is -3.25. The van der Waals surface area contributed by atoms with Crippen LogP contribution in [-0.2, 0) is 20.6 Å². The van der Waals surface area contributed by atoms with Crippen molar-refractivity contribution in [2.75, 3.05) is 18.0 Å². The number of anilines is 1. The quantitative estimate of drug-likeness (QED) is 0.343. The summed E-state index contributed by atoms with van der Waals surface area (Å²) in [6.45, 7) is 5.34. The van der Waals surface area contributed by atoms with Crippen LogP contribution in [0.15, 0.2) is 12.1 Å². The molecule has 1 aromatic rings. The number of carbonyl (C=O) groups is 4. The predicted octanol–water partition coefficient (Wildman–Crippen LogP) is 4.59. The lowest BCUT2D eigenvalue weighted by Crippen LogP contribution is -2.54. The van der Waals surface area contributed by atoms with Gasteiger partial charge in [-0.25, -0.2) is 0 Å². The second-order valence-electron chi connectivity index (χ2n) is 10.9. The average molecular weight is 576 g/mol. The molecule has 222 valence electrons. The second kappa shape index (κ2) is 12.1. The van der Waals surface area contributed by atoms with Crippen LogP contribution in [0.4, 0.5) is 27.6 Å². The van der Waals surface area contributed by atoms with E-state index in [1.54, 1.807) is 13.8 Å². The SMILES string of the molecule is CC(C)N(C(=O)c1cc2c(cc1C(F)(F)F)OC(C)(C)C(=O)N2CCNC(=O)C(F)F)C1CCC(CC=O)CC1. The summed E-state index contributed by atoms with van der Waals surface area (Å²) in [7, 11) is 0. The molecule has 0 bridgehead atoms. The standard InChI is InChI=1S/C27H34F5N3O5/c1-15(2)35(17-7-5-16(6-8-17)9-12-36)24(38)18-13-20-21(14-19(18)27(30,31)32)40-26(3,4)25(39)34(20)11-10-33-23(37)22(28)29/h12-17,22H,5-11H2,1-4H3,(H,33,37). The number of rotatable bonds is 9. The molecule has 40 heavy (non-hydrogen) atoms. The topological polar surface area (TPSA) is 96.0 Å². The first-order valence-electron chi connectivity index (χ1n) is 13.2. The molecule has 1 aromatic carbocycles. The van der Waals surface area contributed by atoms with Crippen molar-refractivity contribution in [3.8, 4) is 5.75 Å². The Morgan fingerprint density at radius 2 is 1.80 bits per heavy atom. The molecule has 0 atom stereocenters. The summed E-state index contributed by atoms with van der Waals surface area (Å²) in [5.74, 6) is -3.25. The van der Waals surface area contributed by atoms with E-state index in [9.17, 15) is 41.1 Å². The maximum atomic E-state index is 14.3. The van der Waals surface area contributed by atoms with E-state index in [-0.39, 0.29) is 29.9 Å². The van der Waals surface area contributed by atoms with Gasteiger partial charge in [0.15, 0.2) is 5.60 Å². The molecule has 3 amide bonds. The largest absolute Gasteiger partial charge is 0.476 e. The van der Waals surface area contributed by atoms with Crippen LogP contribution in [0.5, 0.6) is 5.75 Å². The van der Waals surface area contributed by atoms with E-state index in [0.717, 1.165) is 17.3 Å². The highest BCUT2D eigenvalue weighted by Gasteiger charge is 2.45. The Morgan fingerprint density at radius 1 is 1.18 bits per heavy atom. The highest BCUT2D eigenvalue weighted by Crippen LogP contribution is 2.44. The molecule has 1 saturated carbocycles. The van der Waals surface area contributed by atoms with Gasteiger partial charge in [-0.2, -0.15) is 22.0 Å². The van der Waals surface area contributed by atoms with Gasteiger partial charge >= 0.3 is 12.6 Å². The monoisotopic (exact) mass is 575 g/mol. The van der Waals surface area contributed by atoms with E-state index in [1.807, 2.05) is 5.32 Å². The summed E-state index contributed by atoms with van der Waals surface area (Å²) in [4.78, 5) is 51.6. The molecule has 1 fully saturated rings. The first kappa shape index (κ1) is 31.3. The first-order valence-corrected chi connectivity index (χ1v) is 13.2. The molecule has 0 aromatic heterocycles. The van der Waals surface area contributed by atoms with Gasteiger partial charge in [0.1, 0.15) is 12.0 Å². The summed E-state index contributed by atoms with van der Waals surface area (Å²) in [5.41, 5.74) is -3.64. The lowest BCUT2D eigenvalue weighted by atomic mass is 9.83. The molecular weight excluding hydrogens is 541 g/mol. The third-order valence-corrected chi connectivity index (χ3v) is 7.31. The number of benzene rings is 1. The lowest BCUT2D eigenvalue weighted by molar-refractivity contribution is -0.138. The van der Waals surface area contributed by atoms with Crippen LogP contribution >= 0.6 is 0 Å². The van der Waals surface area contributed by atoms with Gasteiger partial charge in [0.05, 0.1) is 16.8 Å². The van der Waals surface area contributed by atoms with Crippen LogP contribution in [0.2, 0.25) is 0 Å². The van der Waals surface area contributed by atoms with Crippen molar-refractivity contribution in [1.82, 2.24) is 10.2 Å². The molecule has 8 nitrogen and oxygen atoms in total. The molecule has 1 N–H and O–H groups in total. The van der Waals surface area contributed by atoms with E-state index >= 15 is 0 Å². The number of hydrogen-bond acceptors (Lipinski definition) is 5. The van der Waals surface area contributed by atoms with Gasteiger partial charge in [-0.05, 0) is 71.4 Å². The van der Waals surface area contributed by atoms with Gasteiger partial charge in [0.2, 0.25) is 0 Å². The van der Waals surface area contributed by atoms with Gasteiger partial charge in [0.25, 0.3) is 17.7 Å². The Morgan fingerprint density at radius 3 is 2.33 bits per heavy atom. The summed E-state index contributed by atoms with van der Waals surface area (Å²) >= 11 is 0. The molecule has 0 unspecified atom stereocenters. The zero-order valence-corrected chi connectivity index (χ0v) is 22.8. The smallest absolute Gasteiger partial charge is 0.417 e. The Bertz CT molecular complexity index is 1130. The third kappa shape index (κ3) is 6.72. The number of carbonyl (C=O) groups excluding carboxylic acids is 4. The van der Waals surface area contributed by atoms with Gasteiger partial charge < -0.3 is 24.6 Å². The van der Waals surface area contributed by atoms with E-state index in [1.165, 1.54) is 18.7 Å². The molecule has 2 aliphatic rings. The fourth-order valence-corrected chi connectivity index (χ4v) is 5.37. The minimum Gasteiger partial charge on any atom is -0.476 e. The number of fused-ring (bicyclic) bond motifs is 1. The highest BCUT2D eigenvalue weighted by molar-refractivity contribution is 6.05. The minimum absolute atomic E-state index is 0.134. The van der Waals surface area contributed by atoms with E-state index in [4.69, 9.17) is 4.74 Å². The number of amides is 3. The number of alkyl halides is 5. The Kier molecular flexibility index (Phi) is 9.46. The van der Waals surface area contributed by atoms with E-state index in [2.05, 4.69) is 0 Å². The summed E-state index contributed by atoms with van der Waals surface area (Å²) in [6.07, 6.45) is -4.61. The summed E-state index contributed by atoms with van der Waals surface area (Å²) < 4.78 is 73.7. The van der Waals surface area contributed by atoms with Gasteiger partial charge in [-0.3, -0.25) is 14.4 Å². The summed E-state index contributed by atoms with van der Waals surface area (Å²) in [6, 6.07) is 0.844. The van der Waals surface area contributed by atoms with Crippen LogP contribution in [0.3, 0.4) is 0 Å². The zero-order valence-electron chi connectivity index (χ0n) is 22.8. The fourth-order valence-electron chi connectivity index (χ4n) is 5.37.